The maximum Gasteiger partial charge on any atom is 0.264 e. The van der Waals surface area contributed by atoms with E-state index in [0.717, 1.165) is 21.3 Å². The molecule has 0 aliphatic heterocycles. The van der Waals surface area contributed by atoms with E-state index in [0.29, 0.717) is 16.4 Å². The van der Waals surface area contributed by atoms with Crippen molar-refractivity contribution in [3.63, 3.8) is 0 Å². The number of carbonyl (C=O) groups excluding carboxylic acids is 1. The van der Waals surface area contributed by atoms with E-state index >= 15 is 0 Å². The highest BCUT2D eigenvalue weighted by Gasteiger charge is 2.25. The summed E-state index contributed by atoms with van der Waals surface area (Å²) < 4.78 is 28.5. The van der Waals surface area contributed by atoms with E-state index in [-0.39, 0.29) is 17.3 Å². The molecule has 0 saturated carbocycles. The zero-order valence-electron chi connectivity index (χ0n) is 20.3. The van der Waals surface area contributed by atoms with E-state index in [4.69, 9.17) is 4.98 Å². The number of amides is 1. The van der Waals surface area contributed by atoms with Crippen LogP contribution in [0.2, 0.25) is 0 Å². The second-order valence-electron chi connectivity index (χ2n) is 8.50. The fourth-order valence-corrected chi connectivity index (χ4v) is 6.19. The van der Waals surface area contributed by atoms with Gasteiger partial charge in [0.25, 0.3) is 15.9 Å². The molecule has 0 aliphatic carbocycles. The highest BCUT2D eigenvalue weighted by molar-refractivity contribution is 7.92. The minimum absolute atomic E-state index is 0.102. The van der Waals surface area contributed by atoms with Crippen molar-refractivity contribution in [2.24, 2.45) is 0 Å². The largest absolute Gasteiger partial charge is 0.279 e. The number of nitrogens with zero attached hydrogens (tertiary/aromatic N) is 4. The second-order valence-corrected chi connectivity index (χ2v) is 11.5. The number of hydrogen-bond donors (Lipinski definition) is 0. The number of anilines is 2. The third kappa shape index (κ3) is 4.96. The van der Waals surface area contributed by atoms with Gasteiger partial charge in [0.15, 0.2) is 5.13 Å². The Morgan fingerprint density at radius 1 is 0.919 bits per heavy atom. The number of sulfonamides is 1. The zero-order valence-corrected chi connectivity index (χ0v) is 21.9. The molecular formula is C28H24N4O3S2. The minimum Gasteiger partial charge on any atom is -0.279 e. The molecular weight excluding hydrogens is 504 g/mol. The summed E-state index contributed by atoms with van der Waals surface area (Å²) in [6, 6.07) is 24.5. The average Bonchev–Trinajstić information content (AvgIpc) is 3.37. The van der Waals surface area contributed by atoms with E-state index in [9.17, 15) is 13.2 Å². The standard InChI is InChI=1S/C28H24N4O3S2/c1-20-8-6-12-25-26(20)30-28(36-25)32(19-21-9-7-17-29-18-21)27(33)22-13-15-24(16-14-22)37(34,35)31(2)23-10-4-3-5-11-23/h3-18H,19H2,1-2H3. The molecule has 5 rings (SSSR count). The monoisotopic (exact) mass is 528 g/mol. The van der Waals surface area contributed by atoms with Crippen LogP contribution in [-0.4, -0.2) is 31.3 Å². The molecule has 186 valence electrons. The molecule has 2 aromatic heterocycles. The van der Waals surface area contributed by atoms with Gasteiger partial charge in [0.05, 0.1) is 27.3 Å². The summed E-state index contributed by atoms with van der Waals surface area (Å²) in [5.41, 5.74) is 3.66. The Balaban J connectivity index is 1.48. The van der Waals surface area contributed by atoms with Crippen molar-refractivity contribution < 1.29 is 13.2 Å². The van der Waals surface area contributed by atoms with Gasteiger partial charge in [-0.15, -0.1) is 0 Å². The molecule has 3 aromatic carbocycles. The van der Waals surface area contributed by atoms with E-state index < -0.39 is 10.0 Å². The van der Waals surface area contributed by atoms with Crippen molar-refractivity contribution >= 4 is 48.3 Å². The number of benzene rings is 3. The first-order valence-electron chi connectivity index (χ1n) is 11.6. The molecule has 5 aromatic rings. The summed E-state index contributed by atoms with van der Waals surface area (Å²) >= 11 is 1.44. The number of fused-ring (bicyclic) bond motifs is 1. The predicted octanol–water partition coefficient (Wildman–Crippen LogP) is 5.67. The van der Waals surface area contributed by atoms with Gasteiger partial charge in [0.2, 0.25) is 0 Å². The van der Waals surface area contributed by atoms with Crippen LogP contribution in [0, 0.1) is 6.92 Å². The fourth-order valence-electron chi connectivity index (χ4n) is 3.95. The molecule has 0 bridgehead atoms. The molecule has 0 saturated heterocycles. The first kappa shape index (κ1) is 24.6. The van der Waals surface area contributed by atoms with E-state index in [1.165, 1.54) is 34.8 Å². The van der Waals surface area contributed by atoms with Gasteiger partial charge in [0.1, 0.15) is 0 Å². The lowest BCUT2D eigenvalue weighted by Gasteiger charge is -2.21. The lowest BCUT2D eigenvalue weighted by atomic mass is 10.2. The molecule has 2 heterocycles. The molecule has 37 heavy (non-hydrogen) atoms. The summed E-state index contributed by atoms with van der Waals surface area (Å²) in [7, 11) is -2.28. The Morgan fingerprint density at radius 3 is 2.35 bits per heavy atom. The highest BCUT2D eigenvalue weighted by atomic mass is 32.2. The molecule has 0 N–H and O–H groups in total. The van der Waals surface area contributed by atoms with Crippen LogP contribution < -0.4 is 9.21 Å². The molecule has 0 unspecified atom stereocenters. The highest BCUT2D eigenvalue weighted by Crippen LogP contribution is 2.32. The van der Waals surface area contributed by atoms with Gasteiger partial charge >= 0.3 is 0 Å². The smallest absolute Gasteiger partial charge is 0.264 e. The Hall–Kier alpha value is -4.08. The number of rotatable bonds is 7. The third-order valence-electron chi connectivity index (χ3n) is 6.03. The number of thiazole rings is 1. The second kappa shape index (κ2) is 10.1. The van der Waals surface area contributed by atoms with Gasteiger partial charge in [-0.3, -0.25) is 19.0 Å². The van der Waals surface area contributed by atoms with Crippen molar-refractivity contribution in [3.8, 4) is 0 Å². The Morgan fingerprint density at radius 2 is 1.68 bits per heavy atom. The summed E-state index contributed by atoms with van der Waals surface area (Å²) in [4.78, 5) is 24.4. The van der Waals surface area contributed by atoms with Gasteiger partial charge < -0.3 is 0 Å². The van der Waals surface area contributed by atoms with E-state index in [2.05, 4.69) is 4.98 Å². The minimum atomic E-state index is -3.79. The molecule has 0 radical (unpaired) electrons. The summed E-state index contributed by atoms with van der Waals surface area (Å²) in [5.74, 6) is -0.277. The zero-order chi connectivity index (χ0) is 26.0. The predicted molar refractivity (Wildman–Crippen MR) is 148 cm³/mol. The summed E-state index contributed by atoms with van der Waals surface area (Å²) in [6.07, 6.45) is 3.40. The van der Waals surface area contributed by atoms with Gasteiger partial charge in [-0.05, 0) is 66.6 Å². The number of pyridine rings is 1. The van der Waals surface area contributed by atoms with Gasteiger partial charge in [0, 0.05) is 25.0 Å². The average molecular weight is 529 g/mol. The van der Waals surface area contributed by atoms with Crippen LogP contribution in [0.15, 0.2) is 102 Å². The number of para-hydroxylation sites is 2. The van der Waals surface area contributed by atoms with Crippen LogP contribution in [0.1, 0.15) is 21.5 Å². The lowest BCUT2D eigenvalue weighted by Crippen LogP contribution is -2.30. The molecule has 9 heteroatoms. The van der Waals surface area contributed by atoms with Crippen LogP contribution in [0.5, 0.6) is 0 Å². The van der Waals surface area contributed by atoms with Gasteiger partial charge in [-0.25, -0.2) is 13.4 Å². The maximum absolute atomic E-state index is 13.7. The normalized spacial score (nSPS) is 11.4. The van der Waals surface area contributed by atoms with Crippen molar-refractivity contribution in [1.29, 1.82) is 0 Å². The fraction of sp³-hybridized carbons (Fsp3) is 0.107. The van der Waals surface area contributed by atoms with Crippen molar-refractivity contribution in [2.75, 3.05) is 16.3 Å². The topological polar surface area (TPSA) is 83.5 Å². The van der Waals surface area contributed by atoms with E-state index in [1.807, 2.05) is 43.3 Å². The number of aryl methyl sites for hydroxylation is 1. The molecule has 7 nitrogen and oxygen atoms in total. The first-order chi connectivity index (χ1) is 17.8. The third-order valence-corrected chi connectivity index (χ3v) is 8.87. The SMILES string of the molecule is Cc1cccc2sc(N(Cc3cccnc3)C(=O)c3ccc(S(=O)(=O)N(C)c4ccccc4)cc3)nc12. The molecule has 1 amide bonds. The summed E-state index contributed by atoms with van der Waals surface area (Å²) in [5, 5.41) is 0.568. The molecule has 0 fully saturated rings. The number of hydrogen-bond acceptors (Lipinski definition) is 6. The molecule has 0 spiro atoms. The number of aromatic nitrogens is 2. The van der Waals surface area contributed by atoms with Gasteiger partial charge in [-0.1, -0.05) is 47.7 Å². The van der Waals surface area contributed by atoms with Crippen LogP contribution in [0.25, 0.3) is 10.2 Å². The molecule has 0 atom stereocenters. The van der Waals surface area contributed by atoms with Crippen LogP contribution >= 0.6 is 11.3 Å². The Labute approximate surface area is 219 Å². The summed E-state index contributed by atoms with van der Waals surface area (Å²) in [6.45, 7) is 2.27. The number of carbonyl (C=O) groups is 1. The van der Waals surface area contributed by atoms with E-state index in [1.54, 1.807) is 53.7 Å². The van der Waals surface area contributed by atoms with Crippen LogP contribution in [0.3, 0.4) is 0 Å². The maximum atomic E-state index is 13.7. The quantitative estimate of drug-likeness (QED) is 0.272. The Bertz CT molecular complexity index is 1650. The first-order valence-corrected chi connectivity index (χ1v) is 13.8. The van der Waals surface area contributed by atoms with Gasteiger partial charge in [-0.2, -0.15) is 0 Å². The van der Waals surface area contributed by atoms with Crippen molar-refractivity contribution in [3.05, 3.63) is 114 Å². The molecule has 0 aliphatic rings. The van der Waals surface area contributed by atoms with Crippen LogP contribution in [0.4, 0.5) is 10.8 Å². The Kier molecular flexibility index (Phi) is 6.73. The lowest BCUT2D eigenvalue weighted by molar-refractivity contribution is 0.0985. The van der Waals surface area contributed by atoms with Crippen LogP contribution in [-0.2, 0) is 16.6 Å². The van der Waals surface area contributed by atoms with Crippen molar-refractivity contribution in [1.82, 2.24) is 9.97 Å². The van der Waals surface area contributed by atoms with Crippen molar-refractivity contribution in [2.45, 2.75) is 18.4 Å².